The molecule has 0 spiro atoms. The predicted octanol–water partition coefficient (Wildman–Crippen LogP) is 7.93. The van der Waals surface area contributed by atoms with Crippen LogP contribution in [0.2, 0.25) is 10.0 Å². The number of carbonyl (C=O) groups excluding carboxylic acids is 2. The van der Waals surface area contributed by atoms with E-state index in [-0.39, 0.29) is 11.4 Å². The molecule has 1 saturated carbocycles. The van der Waals surface area contributed by atoms with E-state index in [9.17, 15) is 27.2 Å². The summed E-state index contributed by atoms with van der Waals surface area (Å²) in [5.74, 6) is -4.00. The van der Waals surface area contributed by atoms with Crippen molar-refractivity contribution in [2.24, 2.45) is 5.92 Å². The van der Waals surface area contributed by atoms with E-state index in [1.165, 1.54) is 18.2 Å². The highest BCUT2D eigenvalue weighted by molar-refractivity contribution is 6.53. The molecule has 0 saturated heterocycles. The van der Waals surface area contributed by atoms with Crippen LogP contribution in [-0.4, -0.2) is 16.1 Å². The summed E-state index contributed by atoms with van der Waals surface area (Å²) in [5, 5.41) is 5.37. The number of hydrogen-bond donors (Lipinski definition) is 2. The Morgan fingerprint density at radius 3 is 2.00 bits per heavy atom. The lowest BCUT2D eigenvalue weighted by Gasteiger charge is -2.15. The van der Waals surface area contributed by atoms with Crippen molar-refractivity contribution in [2.45, 2.75) is 16.4 Å². The third-order valence-corrected chi connectivity index (χ3v) is 6.90. The Hall–Kier alpha value is -2.52. The average Bonchev–Trinajstić information content (AvgIpc) is 3.36. The molecule has 2 amide bonds. The Bertz CT molecular complexity index is 1330. The van der Waals surface area contributed by atoms with Crippen LogP contribution in [0.3, 0.4) is 0 Å². The molecule has 36 heavy (non-hydrogen) atoms. The van der Waals surface area contributed by atoms with Crippen LogP contribution in [0.5, 0.6) is 0 Å². The Morgan fingerprint density at radius 1 is 0.833 bits per heavy atom. The van der Waals surface area contributed by atoms with Gasteiger partial charge in [0, 0.05) is 27.3 Å². The highest BCUT2D eigenvalue weighted by Gasteiger charge is 2.67. The first-order chi connectivity index (χ1) is 16.8. The quantitative estimate of drug-likeness (QED) is 0.238. The molecule has 3 aromatic carbocycles. The summed E-state index contributed by atoms with van der Waals surface area (Å²) < 4.78 is 52.3. The molecular weight excluding hydrogens is 566 g/mol. The van der Waals surface area contributed by atoms with Crippen LogP contribution in [0.25, 0.3) is 0 Å². The van der Waals surface area contributed by atoms with Crippen molar-refractivity contribution < 1.29 is 27.2 Å². The molecule has 2 unspecified atom stereocenters. The Balaban J connectivity index is 1.58. The number of benzene rings is 3. The van der Waals surface area contributed by atoms with Gasteiger partial charge in [-0.05, 0) is 66.2 Å². The maximum absolute atomic E-state index is 13.6. The minimum Gasteiger partial charge on any atom is -0.326 e. The number of rotatable bonds is 5. The number of anilines is 2. The van der Waals surface area contributed by atoms with Crippen molar-refractivity contribution >= 4 is 69.6 Å². The SMILES string of the molecule is O=C(Nc1ccc(F)cc1)c1cc(NC(=O)C2C(c3cc(Cl)cc(Cl)c3)C2(Cl)Cl)ccc1C(F)(F)F. The number of halogens is 8. The van der Waals surface area contributed by atoms with Gasteiger partial charge in [-0.2, -0.15) is 13.2 Å². The second-order valence-corrected chi connectivity index (χ2v) is 10.4. The van der Waals surface area contributed by atoms with Gasteiger partial charge in [0.15, 0.2) is 0 Å². The first-order valence-corrected chi connectivity index (χ1v) is 11.7. The van der Waals surface area contributed by atoms with Crippen LogP contribution >= 0.6 is 46.4 Å². The topological polar surface area (TPSA) is 58.2 Å². The van der Waals surface area contributed by atoms with Crippen LogP contribution < -0.4 is 10.6 Å². The number of nitrogens with one attached hydrogen (secondary N) is 2. The van der Waals surface area contributed by atoms with Gasteiger partial charge < -0.3 is 10.6 Å². The highest BCUT2D eigenvalue weighted by Crippen LogP contribution is 2.65. The lowest BCUT2D eigenvalue weighted by atomic mass is 10.0. The second kappa shape index (κ2) is 9.74. The van der Waals surface area contributed by atoms with Gasteiger partial charge in [-0.25, -0.2) is 4.39 Å². The minimum absolute atomic E-state index is 0.0824. The molecule has 0 radical (unpaired) electrons. The summed E-state index contributed by atoms with van der Waals surface area (Å²) >= 11 is 24.7. The van der Waals surface area contributed by atoms with Crippen LogP contribution in [0, 0.1) is 11.7 Å². The molecule has 2 N–H and O–H groups in total. The van der Waals surface area contributed by atoms with E-state index in [2.05, 4.69) is 10.6 Å². The normalized spacial score (nSPS) is 18.4. The number of amides is 2. The van der Waals surface area contributed by atoms with Gasteiger partial charge in [0.1, 0.15) is 10.2 Å². The van der Waals surface area contributed by atoms with Crippen LogP contribution in [0.1, 0.15) is 27.4 Å². The van der Waals surface area contributed by atoms with Gasteiger partial charge in [0.25, 0.3) is 5.91 Å². The number of hydrogen-bond acceptors (Lipinski definition) is 2. The van der Waals surface area contributed by atoms with E-state index in [1.807, 2.05) is 0 Å². The fourth-order valence-electron chi connectivity index (χ4n) is 3.83. The molecule has 4 nitrogen and oxygen atoms in total. The van der Waals surface area contributed by atoms with Crippen LogP contribution in [0.4, 0.5) is 28.9 Å². The zero-order valence-electron chi connectivity index (χ0n) is 17.8. The monoisotopic (exact) mass is 578 g/mol. The lowest BCUT2D eigenvalue weighted by molar-refractivity contribution is -0.137. The molecule has 0 heterocycles. The molecule has 4 rings (SSSR count). The molecule has 188 valence electrons. The Labute approximate surface area is 222 Å². The summed E-state index contributed by atoms with van der Waals surface area (Å²) in [4.78, 5) is 25.6. The smallest absolute Gasteiger partial charge is 0.326 e. The summed E-state index contributed by atoms with van der Waals surface area (Å²) in [6, 6.07) is 11.7. The molecule has 0 aromatic heterocycles. The van der Waals surface area contributed by atoms with E-state index in [0.717, 1.165) is 24.3 Å². The van der Waals surface area contributed by atoms with Crippen molar-refractivity contribution in [3.63, 3.8) is 0 Å². The first-order valence-electron chi connectivity index (χ1n) is 10.2. The Kier molecular flexibility index (Phi) is 7.18. The third kappa shape index (κ3) is 5.57. The van der Waals surface area contributed by atoms with Crippen molar-refractivity contribution in [3.8, 4) is 0 Å². The van der Waals surface area contributed by atoms with E-state index >= 15 is 0 Å². The molecule has 0 bridgehead atoms. The molecule has 12 heteroatoms. The highest BCUT2D eigenvalue weighted by atomic mass is 35.5. The molecule has 2 atom stereocenters. The van der Waals surface area contributed by atoms with Crippen molar-refractivity contribution in [1.29, 1.82) is 0 Å². The van der Waals surface area contributed by atoms with Gasteiger partial charge in [0.2, 0.25) is 5.91 Å². The third-order valence-electron chi connectivity index (χ3n) is 5.52. The predicted molar refractivity (Wildman–Crippen MR) is 132 cm³/mol. The van der Waals surface area contributed by atoms with Gasteiger partial charge in [-0.15, -0.1) is 23.2 Å². The molecule has 0 aliphatic heterocycles. The van der Waals surface area contributed by atoms with Crippen molar-refractivity contribution in [2.75, 3.05) is 10.6 Å². The molecule has 1 fully saturated rings. The molecule has 1 aliphatic rings. The summed E-state index contributed by atoms with van der Waals surface area (Å²) in [7, 11) is 0. The second-order valence-electron chi connectivity index (χ2n) is 8.04. The van der Waals surface area contributed by atoms with Crippen LogP contribution in [0.15, 0.2) is 60.7 Å². The summed E-state index contributed by atoms with van der Waals surface area (Å²) in [5.41, 5.74) is -1.46. The first kappa shape index (κ1) is 26.5. The summed E-state index contributed by atoms with van der Waals surface area (Å²) in [6.45, 7) is 0. The zero-order chi connectivity index (χ0) is 26.4. The number of alkyl halides is 5. The van der Waals surface area contributed by atoms with Crippen molar-refractivity contribution in [1.82, 2.24) is 0 Å². The van der Waals surface area contributed by atoms with Gasteiger partial charge in [0.05, 0.1) is 17.0 Å². The van der Waals surface area contributed by atoms with Gasteiger partial charge in [-0.3, -0.25) is 9.59 Å². The van der Waals surface area contributed by atoms with Crippen LogP contribution in [-0.2, 0) is 11.0 Å². The maximum Gasteiger partial charge on any atom is 0.417 e. The average molecular weight is 580 g/mol. The molecule has 1 aliphatic carbocycles. The Morgan fingerprint density at radius 2 is 1.42 bits per heavy atom. The lowest BCUT2D eigenvalue weighted by Crippen LogP contribution is -2.21. The van der Waals surface area contributed by atoms with E-state index < -0.39 is 51.1 Å². The maximum atomic E-state index is 13.6. The van der Waals surface area contributed by atoms with E-state index in [4.69, 9.17) is 46.4 Å². The standard InChI is InChI=1S/C24H14Cl4F4N2O2/c25-12-7-11(8-13(26)9-12)19-20(23(19,27)28)22(36)34-16-5-6-18(24(30,31)32)17(10-16)21(35)33-15-3-1-14(29)2-4-15/h1-10,19-20H,(H,33,35)(H,34,36). The summed E-state index contributed by atoms with van der Waals surface area (Å²) in [6.07, 6.45) is -4.85. The van der Waals surface area contributed by atoms with Gasteiger partial charge in [-0.1, -0.05) is 23.2 Å². The van der Waals surface area contributed by atoms with Crippen molar-refractivity contribution in [3.05, 3.63) is 93.2 Å². The van der Waals surface area contributed by atoms with E-state index in [0.29, 0.717) is 21.7 Å². The minimum atomic E-state index is -4.85. The fraction of sp³-hybridized carbons (Fsp3) is 0.167. The zero-order valence-corrected chi connectivity index (χ0v) is 20.8. The fourth-order valence-corrected chi connectivity index (χ4v) is 5.20. The molecular formula is C24H14Cl4F4N2O2. The largest absolute Gasteiger partial charge is 0.417 e. The van der Waals surface area contributed by atoms with E-state index in [1.54, 1.807) is 12.1 Å². The van der Waals surface area contributed by atoms with Gasteiger partial charge >= 0.3 is 6.18 Å². The molecule has 3 aromatic rings. The number of carbonyl (C=O) groups is 2.